The van der Waals surface area contributed by atoms with E-state index in [1.807, 2.05) is 33.8 Å². The van der Waals surface area contributed by atoms with Crippen LogP contribution in [0.15, 0.2) is 17.6 Å². The van der Waals surface area contributed by atoms with Gasteiger partial charge in [0.15, 0.2) is 0 Å². The van der Waals surface area contributed by atoms with Crippen LogP contribution in [0, 0.1) is 19.7 Å². The number of aryl methyl sites for hydroxylation is 2. The molecule has 1 heterocycles. The van der Waals surface area contributed by atoms with Crippen LogP contribution >= 0.6 is 0 Å². The largest absolute Gasteiger partial charge is 0.492 e. The smallest absolute Gasteiger partial charge is 0.400 e. The van der Waals surface area contributed by atoms with E-state index in [0.717, 1.165) is 5.56 Å². The standard InChI is InChI=1S/C17H24BFO3/c1-11-7-13(8-12(2)15(11)19)9-14(10-20)18-21-16(3,4)17(5,6)22-18/h7-9,20H,10H2,1-6H3. The first kappa shape index (κ1) is 17.2. The second-order valence-electron chi connectivity index (χ2n) is 6.93. The fraction of sp³-hybridized carbons (Fsp3) is 0.529. The molecule has 2 rings (SSSR count). The highest BCUT2D eigenvalue weighted by Crippen LogP contribution is 2.38. The van der Waals surface area contributed by atoms with E-state index < -0.39 is 18.3 Å². The minimum atomic E-state index is -0.597. The Balaban J connectivity index is 2.34. The number of rotatable bonds is 3. The monoisotopic (exact) mass is 306 g/mol. The van der Waals surface area contributed by atoms with Gasteiger partial charge in [-0.15, -0.1) is 0 Å². The number of aliphatic hydroxyl groups is 1. The number of hydrogen-bond donors (Lipinski definition) is 1. The van der Waals surface area contributed by atoms with Crippen molar-refractivity contribution >= 4 is 13.2 Å². The molecule has 0 radical (unpaired) electrons. The molecule has 120 valence electrons. The van der Waals surface area contributed by atoms with Crippen LogP contribution in [0.25, 0.3) is 6.08 Å². The van der Waals surface area contributed by atoms with Crippen molar-refractivity contribution in [3.8, 4) is 0 Å². The second-order valence-corrected chi connectivity index (χ2v) is 6.93. The lowest BCUT2D eigenvalue weighted by atomic mass is 9.77. The molecule has 1 aromatic carbocycles. The Morgan fingerprint density at radius 1 is 1.14 bits per heavy atom. The summed E-state index contributed by atoms with van der Waals surface area (Å²) < 4.78 is 25.6. The first-order valence-electron chi connectivity index (χ1n) is 7.51. The summed E-state index contributed by atoms with van der Waals surface area (Å²) in [6.45, 7) is 11.2. The summed E-state index contributed by atoms with van der Waals surface area (Å²) >= 11 is 0. The van der Waals surface area contributed by atoms with Crippen LogP contribution in [0.5, 0.6) is 0 Å². The van der Waals surface area contributed by atoms with Gasteiger partial charge in [0.1, 0.15) is 5.82 Å². The molecule has 0 aromatic heterocycles. The van der Waals surface area contributed by atoms with Gasteiger partial charge in [-0.25, -0.2) is 4.39 Å². The number of halogens is 1. The molecule has 0 amide bonds. The molecule has 5 heteroatoms. The molecule has 3 nitrogen and oxygen atoms in total. The summed E-state index contributed by atoms with van der Waals surface area (Å²) in [4.78, 5) is 0. The Morgan fingerprint density at radius 3 is 2.00 bits per heavy atom. The highest BCUT2D eigenvalue weighted by atomic mass is 19.1. The number of benzene rings is 1. The third kappa shape index (κ3) is 3.12. The Hall–Kier alpha value is -1.17. The quantitative estimate of drug-likeness (QED) is 0.869. The topological polar surface area (TPSA) is 38.7 Å². The molecule has 1 saturated heterocycles. The first-order chi connectivity index (χ1) is 10.1. The third-order valence-electron chi connectivity index (χ3n) is 4.55. The molecule has 0 unspecified atom stereocenters. The van der Waals surface area contributed by atoms with Crippen molar-refractivity contribution in [2.45, 2.75) is 52.7 Å². The molecule has 0 atom stereocenters. The lowest BCUT2D eigenvalue weighted by Crippen LogP contribution is -2.41. The summed E-state index contributed by atoms with van der Waals surface area (Å²) in [6, 6.07) is 3.51. The SMILES string of the molecule is Cc1cc(C=C(CO)B2OC(C)(C)C(C)(C)O2)cc(C)c1F. The minimum Gasteiger partial charge on any atom is -0.400 e. The summed E-state index contributed by atoms with van der Waals surface area (Å²) in [5.74, 6) is -0.196. The maximum atomic E-state index is 13.7. The Bertz CT molecular complexity index is 569. The van der Waals surface area contributed by atoms with Gasteiger partial charge in [0, 0.05) is 0 Å². The molecule has 1 aliphatic rings. The van der Waals surface area contributed by atoms with Crippen LogP contribution in [0.4, 0.5) is 4.39 Å². The number of hydrogen-bond acceptors (Lipinski definition) is 3. The van der Waals surface area contributed by atoms with Gasteiger partial charge in [-0.1, -0.05) is 6.08 Å². The fourth-order valence-electron chi connectivity index (χ4n) is 2.46. The van der Waals surface area contributed by atoms with Gasteiger partial charge in [-0.2, -0.15) is 0 Å². The maximum Gasteiger partial charge on any atom is 0.492 e. The van der Waals surface area contributed by atoms with E-state index in [9.17, 15) is 9.50 Å². The third-order valence-corrected chi connectivity index (χ3v) is 4.55. The van der Waals surface area contributed by atoms with E-state index in [2.05, 4.69) is 0 Å². The van der Waals surface area contributed by atoms with Crippen LogP contribution in [0.1, 0.15) is 44.4 Å². The van der Waals surface area contributed by atoms with E-state index >= 15 is 0 Å². The van der Waals surface area contributed by atoms with Crippen molar-refractivity contribution in [1.82, 2.24) is 0 Å². The van der Waals surface area contributed by atoms with Crippen LogP contribution < -0.4 is 0 Å². The molecule has 1 aliphatic heterocycles. The molecule has 1 fully saturated rings. The van der Waals surface area contributed by atoms with E-state index in [4.69, 9.17) is 9.31 Å². The summed E-state index contributed by atoms with van der Waals surface area (Å²) in [5.41, 5.74) is 1.70. The van der Waals surface area contributed by atoms with Crippen molar-refractivity contribution < 1.29 is 18.8 Å². The van der Waals surface area contributed by atoms with Crippen LogP contribution in [-0.4, -0.2) is 30.0 Å². The summed E-state index contributed by atoms with van der Waals surface area (Å²) in [6.07, 6.45) is 1.81. The summed E-state index contributed by atoms with van der Waals surface area (Å²) in [5, 5.41) is 9.68. The molecule has 22 heavy (non-hydrogen) atoms. The van der Waals surface area contributed by atoms with E-state index in [-0.39, 0.29) is 12.4 Å². The van der Waals surface area contributed by atoms with Gasteiger partial charge in [-0.3, -0.25) is 0 Å². The highest BCUT2D eigenvalue weighted by molar-refractivity contribution is 6.55. The molecule has 0 spiro atoms. The van der Waals surface area contributed by atoms with Gasteiger partial charge in [0.25, 0.3) is 0 Å². The average molecular weight is 306 g/mol. The van der Waals surface area contributed by atoms with Crippen molar-refractivity contribution in [2.24, 2.45) is 0 Å². The Morgan fingerprint density at radius 2 is 1.59 bits per heavy atom. The van der Waals surface area contributed by atoms with Gasteiger partial charge < -0.3 is 14.4 Å². The Kier molecular flexibility index (Phi) is 4.53. The second kappa shape index (κ2) is 5.80. The van der Waals surface area contributed by atoms with Gasteiger partial charge in [0.2, 0.25) is 0 Å². The van der Waals surface area contributed by atoms with E-state index in [1.165, 1.54) is 0 Å². The minimum absolute atomic E-state index is 0.174. The van der Waals surface area contributed by atoms with Crippen LogP contribution in [-0.2, 0) is 9.31 Å². The van der Waals surface area contributed by atoms with Crippen molar-refractivity contribution in [1.29, 1.82) is 0 Å². The predicted octanol–water partition coefficient (Wildman–Crippen LogP) is 3.45. The average Bonchev–Trinajstić information content (AvgIpc) is 2.61. The molecule has 0 bridgehead atoms. The zero-order chi connectivity index (χ0) is 16.7. The van der Waals surface area contributed by atoms with Gasteiger partial charge in [0.05, 0.1) is 17.8 Å². The molecular formula is C17H24BFO3. The fourth-order valence-corrected chi connectivity index (χ4v) is 2.46. The zero-order valence-corrected chi connectivity index (χ0v) is 14.2. The van der Waals surface area contributed by atoms with Crippen molar-refractivity contribution in [3.05, 3.63) is 40.1 Å². The van der Waals surface area contributed by atoms with Gasteiger partial charge >= 0.3 is 7.12 Å². The van der Waals surface area contributed by atoms with Crippen LogP contribution in [0.3, 0.4) is 0 Å². The normalized spacial score (nSPS) is 20.5. The molecule has 0 aliphatic carbocycles. The summed E-state index contributed by atoms with van der Waals surface area (Å²) in [7, 11) is -0.597. The highest BCUT2D eigenvalue weighted by Gasteiger charge is 2.52. The molecule has 0 saturated carbocycles. The van der Waals surface area contributed by atoms with E-state index in [1.54, 1.807) is 26.0 Å². The molecule has 1 N–H and O–H groups in total. The lowest BCUT2D eigenvalue weighted by Gasteiger charge is -2.32. The van der Waals surface area contributed by atoms with Crippen LogP contribution in [0.2, 0.25) is 0 Å². The lowest BCUT2D eigenvalue weighted by molar-refractivity contribution is 0.00578. The van der Waals surface area contributed by atoms with Gasteiger partial charge in [-0.05, 0) is 75.8 Å². The predicted molar refractivity (Wildman–Crippen MR) is 87.0 cm³/mol. The number of aliphatic hydroxyl groups excluding tert-OH is 1. The first-order valence-corrected chi connectivity index (χ1v) is 7.51. The zero-order valence-electron chi connectivity index (χ0n) is 14.2. The molecular weight excluding hydrogens is 282 g/mol. The van der Waals surface area contributed by atoms with Crippen molar-refractivity contribution in [2.75, 3.05) is 6.61 Å². The van der Waals surface area contributed by atoms with Crippen molar-refractivity contribution in [3.63, 3.8) is 0 Å². The van der Waals surface area contributed by atoms with E-state index in [0.29, 0.717) is 16.6 Å². The maximum absolute atomic E-state index is 13.7. The Labute approximate surface area is 132 Å². The molecule has 1 aromatic rings.